The van der Waals surface area contributed by atoms with Crippen molar-refractivity contribution in [2.24, 2.45) is 0 Å². The molecule has 0 aromatic carbocycles. The zero-order valence-electron chi connectivity index (χ0n) is 11.0. The fourth-order valence-electron chi connectivity index (χ4n) is 2.25. The van der Waals surface area contributed by atoms with Gasteiger partial charge in [0.15, 0.2) is 0 Å². The molecule has 0 bridgehead atoms. The number of nitrogens with zero attached hydrogens (tertiary/aromatic N) is 1. The van der Waals surface area contributed by atoms with E-state index in [2.05, 4.69) is 15.3 Å². The Kier molecular flexibility index (Phi) is 3.54. The van der Waals surface area contributed by atoms with Gasteiger partial charge in [0.1, 0.15) is 11.4 Å². The Labute approximate surface area is 115 Å². The van der Waals surface area contributed by atoms with Gasteiger partial charge in [0.25, 0.3) is 11.5 Å². The van der Waals surface area contributed by atoms with Gasteiger partial charge in [-0.05, 0) is 19.3 Å². The molecule has 1 saturated carbocycles. The molecule has 1 aromatic heterocycles. The molecule has 1 aliphatic carbocycles. The van der Waals surface area contributed by atoms with E-state index in [-0.39, 0.29) is 12.2 Å². The van der Waals surface area contributed by atoms with Crippen LogP contribution >= 0.6 is 0 Å². The highest BCUT2D eigenvalue weighted by Gasteiger charge is 2.28. The van der Waals surface area contributed by atoms with Gasteiger partial charge < -0.3 is 20.1 Å². The summed E-state index contributed by atoms with van der Waals surface area (Å²) in [7, 11) is 0. The topological polar surface area (TPSA) is 104 Å². The monoisotopic (exact) mass is 279 g/mol. The zero-order valence-corrected chi connectivity index (χ0v) is 11.0. The van der Waals surface area contributed by atoms with Crippen molar-refractivity contribution in [1.29, 1.82) is 0 Å². The first-order chi connectivity index (χ1) is 9.65. The Morgan fingerprint density at radius 3 is 2.90 bits per heavy atom. The third-order valence-electron chi connectivity index (χ3n) is 3.66. The van der Waals surface area contributed by atoms with Crippen LogP contribution < -0.4 is 10.9 Å². The number of aromatic nitrogens is 2. The van der Waals surface area contributed by atoms with Crippen LogP contribution in [0, 0.1) is 0 Å². The third kappa shape index (κ3) is 2.73. The van der Waals surface area contributed by atoms with E-state index in [9.17, 15) is 14.7 Å². The number of carbonyl (C=O) groups excluding carboxylic acids is 1. The molecule has 2 aliphatic rings. The highest BCUT2D eigenvalue weighted by Crippen LogP contribution is 2.37. The lowest BCUT2D eigenvalue weighted by atomic mass is 10.1. The molecule has 1 amide bonds. The van der Waals surface area contributed by atoms with Crippen LogP contribution in [0.3, 0.4) is 0 Å². The van der Waals surface area contributed by atoms with Crippen LogP contribution in [0.2, 0.25) is 0 Å². The van der Waals surface area contributed by atoms with Crippen LogP contribution in [-0.4, -0.2) is 46.3 Å². The first-order valence-electron chi connectivity index (χ1n) is 6.81. The minimum Gasteiger partial charge on any atom is -0.391 e. The molecule has 3 rings (SSSR count). The second-order valence-electron chi connectivity index (χ2n) is 5.30. The molecule has 20 heavy (non-hydrogen) atoms. The number of H-pyrrole nitrogens is 1. The first kappa shape index (κ1) is 13.3. The van der Waals surface area contributed by atoms with Crippen LogP contribution in [0.5, 0.6) is 0 Å². The first-order valence-corrected chi connectivity index (χ1v) is 6.81. The largest absolute Gasteiger partial charge is 0.391 e. The van der Waals surface area contributed by atoms with Gasteiger partial charge in [0.05, 0.1) is 18.8 Å². The van der Waals surface area contributed by atoms with Gasteiger partial charge in [-0.2, -0.15) is 0 Å². The molecule has 3 N–H and O–H groups in total. The summed E-state index contributed by atoms with van der Waals surface area (Å²) in [5.41, 5.74) is -0.474. The smallest absolute Gasteiger partial charge is 0.263 e. The van der Waals surface area contributed by atoms with Crippen molar-refractivity contribution in [2.75, 3.05) is 13.2 Å². The highest BCUT2D eigenvalue weighted by molar-refractivity contribution is 5.93. The summed E-state index contributed by atoms with van der Waals surface area (Å²) in [5, 5.41) is 12.4. The predicted molar refractivity (Wildman–Crippen MR) is 69.5 cm³/mol. The Morgan fingerprint density at radius 2 is 2.25 bits per heavy atom. The van der Waals surface area contributed by atoms with E-state index in [4.69, 9.17) is 4.74 Å². The van der Waals surface area contributed by atoms with Gasteiger partial charge in [-0.3, -0.25) is 9.59 Å². The molecular formula is C13H17N3O4. The lowest BCUT2D eigenvalue weighted by Crippen LogP contribution is -2.50. The van der Waals surface area contributed by atoms with Crippen molar-refractivity contribution >= 4 is 5.91 Å². The number of rotatable bonds is 3. The van der Waals surface area contributed by atoms with Crippen molar-refractivity contribution < 1.29 is 14.6 Å². The highest BCUT2D eigenvalue weighted by atomic mass is 16.5. The van der Waals surface area contributed by atoms with Crippen molar-refractivity contribution in [3.8, 4) is 0 Å². The molecular weight excluding hydrogens is 262 g/mol. The van der Waals surface area contributed by atoms with Gasteiger partial charge >= 0.3 is 0 Å². The number of hydrogen-bond donors (Lipinski definition) is 3. The van der Waals surface area contributed by atoms with Crippen LogP contribution in [0.1, 0.15) is 41.4 Å². The van der Waals surface area contributed by atoms with Crippen molar-refractivity contribution in [1.82, 2.24) is 15.3 Å². The summed E-state index contributed by atoms with van der Waals surface area (Å²) in [5.74, 6) is 0.441. The molecule has 108 valence electrons. The minimum atomic E-state index is -0.648. The molecule has 1 saturated heterocycles. The number of amides is 1. The number of aliphatic hydroxyl groups is 1. The number of carbonyl (C=O) groups is 1. The lowest BCUT2D eigenvalue weighted by molar-refractivity contribution is -0.0140. The van der Waals surface area contributed by atoms with E-state index in [1.807, 2.05) is 0 Å². The molecule has 1 aliphatic heterocycles. The Bertz CT molecular complexity index is 567. The molecule has 7 nitrogen and oxygen atoms in total. The van der Waals surface area contributed by atoms with E-state index >= 15 is 0 Å². The van der Waals surface area contributed by atoms with Crippen LogP contribution in [-0.2, 0) is 4.74 Å². The summed E-state index contributed by atoms with van der Waals surface area (Å²) in [4.78, 5) is 30.7. The number of aliphatic hydroxyl groups excluding tert-OH is 1. The van der Waals surface area contributed by atoms with Gasteiger partial charge in [-0.1, -0.05) is 0 Å². The maximum Gasteiger partial charge on any atom is 0.263 e. The van der Waals surface area contributed by atoms with Crippen LogP contribution in [0.15, 0.2) is 11.0 Å². The molecule has 0 spiro atoms. The average molecular weight is 279 g/mol. The summed E-state index contributed by atoms with van der Waals surface area (Å²) in [6.07, 6.45) is 3.18. The molecule has 0 radical (unpaired) electrons. The van der Waals surface area contributed by atoms with Gasteiger partial charge in [0, 0.05) is 18.7 Å². The normalized spacial score (nSPS) is 26.2. The number of ether oxygens (including phenoxy) is 1. The van der Waals surface area contributed by atoms with E-state index in [0.717, 1.165) is 12.8 Å². The van der Waals surface area contributed by atoms with Gasteiger partial charge in [0.2, 0.25) is 0 Å². The summed E-state index contributed by atoms with van der Waals surface area (Å²) in [6, 6.07) is -0.487. The minimum absolute atomic E-state index is 0.0350. The molecule has 1 aromatic rings. The van der Waals surface area contributed by atoms with E-state index in [1.165, 1.54) is 6.20 Å². The predicted octanol–water partition coefficient (Wildman–Crippen LogP) is -0.473. The molecule has 7 heteroatoms. The Hall–Kier alpha value is -1.73. The van der Waals surface area contributed by atoms with Gasteiger partial charge in [-0.15, -0.1) is 0 Å². The number of aromatic amines is 1. The quantitative estimate of drug-likeness (QED) is 0.693. The maximum absolute atomic E-state index is 12.0. The summed E-state index contributed by atoms with van der Waals surface area (Å²) >= 11 is 0. The third-order valence-corrected chi connectivity index (χ3v) is 3.66. The molecule has 0 unspecified atom stereocenters. The molecule has 2 heterocycles. The standard InChI is InChI=1S/C13H17N3O4/c17-10-3-4-20-6-9(10)15-12(18)8-5-14-11(7-1-2-7)16-13(8)19/h5,7,9-10,17H,1-4,6H2,(H,15,18)(H,14,16,19)/t9-,10-/m1/s1. The van der Waals surface area contributed by atoms with Gasteiger partial charge in [-0.25, -0.2) is 4.98 Å². The second kappa shape index (κ2) is 5.34. The van der Waals surface area contributed by atoms with E-state index < -0.39 is 23.6 Å². The second-order valence-corrected chi connectivity index (χ2v) is 5.30. The zero-order chi connectivity index (χ0) is 14.1. The number of nitrogens with one attached hydrogen (secondary N) is 2. The fraction of sp³-hybridized carbons (Fsp3) is 0.615. The maximum atomic E-state index is 12.0. The Morgan fingerprint density at radius 1 is 1.45 bits per heavy atom. The molecule has 2 atom stereocenters. The average Bonchev–Trinajstić information content (AvgIpc) is 3.25. The SMILES string of the molecule is O=C(N[C@@H]1COCC[C@H]1O)c1cnc(C2CC2)[nH]c1=O. The van der Waals surface area contributed by atoms with Crippen LogP contribution in [0.25, 0.3) is 0 Å². The van der Waals surface area contributed by atoms with E-state index in [0.29, 0.717) is 24.8 Å². The Balaban J connectivity index is 1.71. The fourth-order valence-corrected chi connectivity index (χ4v) is 2.25. The lowest BCUT2D eigenvalue weighted by Gasteiger charge is -2.28. The summed E-state index contributed by atoms with van der Waals surface area (Å²) < 4.78 is 5.20. The van der Waals surface area contributed by atoms with E-state index in [1.54, 1.807) is 0 Å². The summed E-state index contributed by atoms with van der Waals surface area (Å²) in [6.45, 7) is 0.726. The molecule has 2 fully saturated rings. The number of hydrogen-bond acceptors (Lipinski definition) is 5. The van der Waals surface area contributed by atoms with Crippen molar-refractivity contribution in [2.45, 2.75) is 37.3 Å². The van der Waals surface area contributed by atoms with Crippen LogP contribution in [0.4, 0.5) is 0 Å². The van der Waals surface area contributed by atoms with Crippen molar-refractivity contribution in [3.63, 3.8) is 0 Å². The van der Waals surface area contributed by atoms with Crippen molar-refractivity contribution in [3.05, 3.63) is 27.9 Å².